The Morgan fingerprint density at radius 2 is 1.93 bits per heavy atom. The van der Waals surface area contributed by atoms with Gasteiger partial charge in [-0.05, 0) is 20.8 Å². The van der Waals surface area contributed by atoms with Gasteiger partial charge < -0.3 is 10.2 Å². The monoisotopic (exact) mass is 194 g/mol. The average Bonchev–Trinajstić information content (AvgIpc) is 2.22. The maximum atomic E-state index is 4.30. The van der Waals surface area contributed by atoms with E-state index in [4.69, 9.17) is 0 Å². The zero-order valence-electron chi connectivity index (χ0n) is 9.33. The lowest BCUT2D eigenvalue weighted by Gasteiger charge is -2.22. The Kier molecular flexibility index (Phi) is 3.68. The molecule has 0 fully saturated rings. The second-order valence-electron chi connectivity index (χ2n) is 3.09. The third kappa shape index (κ3) is 1.95. The van der Waals surface area contributed by atoms with Crippen molar-refractivity contribution in [2.75, 3.05) is 30.4 Å². The van der Waals surface area contributed by atoms with Crippen molar-refractivity contribution in [1.29, 1.82) is 0 Å². The van der Waals surface area contributed by atoms with Crippen molar-refractivity contribution < 1.29 is 0 Å². The Balaban J connectivity index is 3.07. The minimum atomic E-state index is 0.905. The lowest BCUT2D eigenvalue weighted by atomic mass is 10.3. The van der Waals surface area contributed by atoms with Crippen LogP contribution in [-0.4, -0.2) is 30.1 Å². The Morgan fingerprint density at radius 1 is 1.29 bits per heavy atom. The van der Waals surface area contributed by atoms with Crippen LogP contribution in [0.5, 0.6) is 0 Å². The molecule has 0 saturated carbocycles. The normalized spacial score (nSPS) is 10.0. The zero-order valence-corrected chi connectivity index (χ0v) is 9.33. The van der Waals surface area contributed by atoms with Gasteiger partial charge in [-0.15, -0.1) is 0 Å². The van der Waals surface area contributed by atoms with E-state index >= 15 is 0 Å². The first-order chi connectivity index (χ1) is 6.74. The minimum absolute atomic E-state index is 0.905. The molecule has 0 aliphatic heterocycles. The van der Waals surface area contributed by atoms with E-state index in [2.05, 4.69) is 34.0 Å². The Hall–Kier alpha value is -1.32. The van der Waals surface area contributed by atoms with E-state index < -0.39 is 0 Å². The topological polar surface area (TPSA) is 41.1 Å². The van der Waals surface area contributed by atoms with Crippen LogP contribution in [0.4, 0.5) is 11.6 Å². The fourth-order valence-corrected chi connectivity index (χ4v) is 1.53. The fourth-order valence-electron chi connectivity index (χ4n) is 1.53. The van der Waals surface area contributed by atoms with E-state index in [1.54, 1.807) is 6.33 Å². The molecule has 1 aromatic rings. The summed E-state index contributed by atoms with van der Waals surface area (Å²) in [5.74, 6) is 1.93. The van der Waals surface area contributed by atoms with Crippen molar-refractivity contribution in [2.45, 2.75) is 20.8 Å². The highest BCUT2D eigenvalue weighted by atomic mass is 15.2. The fraction of sp³-hybridized carbons (Fsp3) is 0.600. The third-order valence-corrected chi connectivity index (χ3v) is 2.36. The van der Waals surface area contributed by atoms with E-state index in [-0.39, 0.29) is 0 Å². The highest BCUT2D eigenvalue weighted by molar-refractivity contribution is 5.57. The molecule has 0 aliphatic rings. The van der Waals surface area contributed by atoms with Gasteiger partial charge in [0, 0.05) is 25.7 Å². The van der Waals surface area contributed by atoms with Crippen molar-refractivity contribution in [3.05, 3.63) is 11.9 Å². The molecular formula is C10H18N4. The minimum Gasteiger partial charge on any atom is -0.373 e. The largest absolute Gasteiger partial charge is 0.373 e. The van der Waals surface area contributed by atoms with Gasteiger partial charge in [0.05, 0.1) is 0 Å². The van der Waals surface area contributed by atoms with E-state index in [0.717, 1.165) is 30.3 Å². The number of anilines is 2. The van der Waals surface area contributed by atoms with Gasteiger partial charge in [-0.25, -0.2) is 9.97 Å². The van der Waals surface area contributed by atoms with Crippen molar-refractivity contribution in [1.82, 2.24) is 9.97 Å². The van der Waals surface area contributed by atoms with Crippen LogP contribution < -0.4 is 10.2 Å². The molecule has 4 nitrogen and oxygen atoms in total. The van der Waals surface area contributed by atoms with Crippen LogP contribution in [0.3, 0.4) is 0 Å². The lowest BCUT2D eigenvalue weighted by molar-refractivity contribution is 0.835. The molecule has 0 amide bonds. The standard InChI is InChI=1S/C10H18N4/c1-5-14(6-2)10-8(3)9(11-4)12-7-13-10/h7H,5-6H2,1-4H3,(H,11,12,13). The summed E-state index contributed by atoms with van der Waals surface area (Å²) in [6.45, 7) is 8.24. The van der Waals surface area contributed by atoms with Crippen LogP contribution in [0.25, 0.3) is 0 Å². The highest BCUT2D eigenvalue weighted by Crippen LogP contribution is 2.20. The second kappa shape index (κ2) is 4.79. The number of nitrogens with zero attached hydrogens (tertiary/aromatic N) is 3. The summed E-state index contributed by atoms with van der Waals surface area (Å²) in [5, 5.41) is 3.06. The maximum absolute atomic E-state index is 4.30. The number of aromatic nitrogens is 2. The molecule has 1 rings (SSSR count). The first kappa shape index (κ1) is 10.8. The van der Waals surface area contributed by atoms with Crippen LogP contribution in [0.15, 0.2) is 6.33 Å². The van der Waals surface area contributed by atoms with E-state index in [0.29, 0.717) is 0 Å². The average molecular weight is 194 g/mol. The van der Waals surface area contributed by atoms with Gasteiger partial charge in [0.2, 0.25) is 0 Å². The number of hydrogen-bond donors (Lipinski definition) is 1. The number of nitrogens with one attached hydrogen (secondary N) is 1. The summed E-state index contributed by atoms with van der Waals surface area (Å²) in [6, 6.07) is 0. The summed E-state index contributed by atoms with van der Waals surface area (Å²) >= 11 is 0. The van der Waals surface area contributed by atoms with Crippen LogP contribution in [0, 0.1) is 6.92 Å². The Morgan fingerprint density at radius 3 is 2.43 bits per heavy atom. The second-order valence-corrected chi connectivity index (χ2v) is 3.09. The molecule has 1 aromatic heterocycles. The molecule has 1 heterocycles. The van der Waals surface area contributed by atoms with Crippen molar-refractivity contribution >= 4 is 11.6 Å². The molecule has 0 spiro atoms. The zero-order chi connectivity index (χ0) is 10.6. The Labute approximate surface area is 85.4 Å². The highest BCUT2D eigenvalue weighted by Gasteiger charge is 2.09. The summed E-state index contributed by atoms with van der Waals surface area (Å²) in [4.78, 5) is 10.7. The number of rotatable bonds is 4. The van der Waals surface area contributed by atoms with E-state index in [1.165, 1.54) is 0 Å². The predicted octanol–water partition coefficient (Wildman–Crippen LogP) is 1.67. The molecule has 0 aliphatic carbocycles. The van der Waals surface area contributed by atoms with Gasteiger partial charge in [0.15, 0.2) is 0 Å². The first-order valence-electron chi connectivity index (χ1n) is 4.98. The van der Waals surface area contributed by atoms with Crippen LogP contribution in [-0.2, 0) is 0 Å². The quantitative estimate of drug-likeness (QED) is 0.791. The van der Waals surface area contributed by atoms with Gasteiger partial charge in [-0.2, -0.15) is 0 Å². The first-order valence-corrected chi connectivity index (χ1v) is 4.98. The van der Waals surface area contributed by atoms with Gasteiger partial charge >= 0.3 is 0 Å². The molecule has 14 heavy (non-hydrogen) atoms. The van der Waals surface area contributed by atoms with Crippen LogP contribution in [0.1, 0.15) is 19.4 Å². The molecule has 1 N–H and O–H groups in total. The van der Waals surface area contributed by atoms with Gasteiger partial charge in [0.1, 0.15) is 18.0 Å². The van der Waals surface area contributed by atoms with Crippen LogP contribution >= 0.6 is 0 Å². The molecule has 0 unspecified atom stereocenters. The van der Waals surface area contributed by atoms with Gasteiger partial charge in [-0.1, -0.05) is 0 Å². The predicted molar refractivity (Wildman–Crippen MR) is 59.9 cm³/mol. The van der Waals surface area contributed by atoms with Gasteiger partial charge in [0.25, 0.3) is 0 Å². The smallest absolute Gasteiger partial charge is 0.137 e. The molecule has 0 aromatic carbocycles. The Bertz CT molecular complexity index is 294. The third-order valence-electron chi connectivity index (χ3n) is 2.36. The van der Waals surface area contributed by atoms with E-state index in [1.807, 2.05) is 14.0 Å². The van der Waals surface area contributed by atoms with Crippen molar-refractivity contribution in [2.24, 2.45) is 0 Å². The molecule has 78 valence electrons. The molecule has 4 heteroatoms. The summed E-state index contributed by atoms with van der Waals surface area (Å²) in [6.07, 6.45) is 1.60. The number of hydrogen-bond acceptors (Lipinski definition) is 4. The van der Waals surface area contributed by atoms with Crippen LogP contribution in [0.2, 0.25) is 0 Å². The summed E-state index contributed by atoms with van der Waals surface area (Å²) < 4.78 is 0. The van der Waals surface area contributed by atoms with E-state index in [9.17, 15) is 0 Å². The summed E-state index contributed by atoms with van der Waals surface area (Å²) in [7, 11) is 1.88. The summed E-state index contributed by atoms with van der Waals surface area (Å²) in [5.41, 5.74) is 1.11. The lowest BCUT2D eigenvalue weighted by Crippen LogP contribution is -2.24. The maximum Gasteiger partial charge on any atom is 0.137 e. The van der Waals surface area contributed by atoms with Crippen molar-refractivity contribution in [3.63, 3.8) is 0 Å². The SMILES string of the molecule is CCN(CC)c1ncnc(NC)c1C. The molecule has 0 saturated heterocycles. The molecule has 0 radical (unpaired) electrons. The van der Waals surface area contributed by atoms with Gasteiger partial charge in [-0.3, -0.25) is 0 Å². The molecule has 0 bridgehead atoms. The molecule has 0 atom stereocenters. The van der Waals surface area contributed by atoms with Crippen molar-refractivity contribution in [3.8, 4) is 0 Å². The molecular weight excluding hydrogens is 176 g/mol.